The lowest BCUT2D eigenvalue weighted by atomic mass is 10.1. The molecule has 1 aliphatic heterocycles. The number of alkyl carbamates (subject to hydrolysis) is 1. The molecule has 1 saturated heterocycles. The Balaban J connectivity index is 1.35. The average Bonchev–Trinajstić information content (AvgIpc) is 3.80. The van der Waals surface area contributed by atoms with Crippen LogP contribution < -0.4 is 30.1 Å². The van der Waals surface area contributed by atoms with E-state index in [-0.39, 0.29) is 30.8 Å². The van der Waals surface area contributed by atoms with E-state index < -0.39 is 79.8 Å². The minimum atomic E-state index is -4.33. The van der Waals surface area contributed by atoms with E-state index in [9.17, 15) is 32.4 Å². The number of amides is 5. The number of sulfonamides is 1. The lowest BCUT2D eigenvalue weighted by Crippen LogP contribution is -2.60. The van der Waals surface area contributed by atoms with E-state index in [0.29, 0.717) is 28.1 Å². The van der Waals surface area contributed by atoms with Gasteiger partial charge in [0.05, 0.1) is 34.6 Å². The Morgan fingerprint density at radius 3 is 2.31 bits per heavy atom. The van der Waals surface area contributed by atoms with Crippen molar-refractivity contribution in [1.82, 2.24) is 30.6 Å². The number of methoxy groups -OCH3 is 1. The second kappa shape index (κ2) is 18.5. The highest BCUT2D eigenvalue weighted by molar-refractivity contribution is 9.10. The van der Waals surface area contributed by atoms with Gasteiger partial charge < -0.3 is 35.1 Å². The summed E-state index contributed by atoms with van der Waals surface area (Å²) in [6.45, 7) is 9.76. The molecule has 3 aromatic carbocycles. The largest absolute Gasteiger partial charge is 0.497 e. The van der Waals surface area contributed by atoms with Gasteiger partial charge in [0.15, 0.2) is 0 Å². The summed E-state index contributed by atoms with van der Waals surface area (Å²) in [4.78, 5) is 74.2. The number of aromatic nitrogens is 1. The topological polar surface area (TPSA) is 211 Å². The number of benzene rings is 3. The Kier molecular flexibility index (Phi) is 13.6. The lowest BCUT2D eigenvalue weighted by Gasteiger charge is -2.30. The van der Waals surface area contributed by atoms with E-state index in [4.69, 9.17) is 19.2 Å². The number of pyridine rings is 1. The number of hydrogen-bond acceptors (Lipinski definition) is 11. The van der Waals surface area contributed by atoms with Crippen molar-refractivity contribution in [1.29, 1.82) is 0 Å². The fourth-order valence-corrected chi connectivity index (χ4v) is 8.34. The molecule has 0 spiro atoms. The first kappa shape index (κ1) is 45.5. The third-order valence-electron chi connectivity index (χ3n) is 10.4. The van der Waals surface area contributed by atoms with Gasteiger partial charge in [-0.05, 0) is 58.4 Å². The number of ether oxygens (including phenoxy) is 3. The van der Waals surface area contributed by atoms with Crippen LogP contribution in [0.5, 0.6) is 11.5 Å². The van der Waals surface area contributed by atoms with Gasteiger partial charge in [-0.3, -0.25) is 19.2 Å². The molecule has 6 atom stereocenters. The van der Waals surface area contributed by atoms with E-state index in [1.807, 2.05) is 30.3 Å². The number of fused-ring (bicyclic) bond motifs is 1. The zero-order valence-corrected chi connectivity index (χ0v) is 37.2. The van der Waals surface area contributed by atoms with Crippen LogP contribution in [0.1, 0.15) is 40.5 Å². The molecule has 4 aromatic rings. The molecule has 0 unspecified atom stereocenters. The minimum Gasteiger partial charge on any atom is -0.497 e. The smallest absolute Gasteiger partial charge is 0.408 e. The third-order valence-corrected chi connectivity index (χ3v) is 12.1. The predicted molar refractivity (Wildman–Crippen MR) is 234 cm³/mol. The second-order valence-corrected chi connectivity index (χ2v) is 19.1. The SMILES string of the molecule is C=C[C@@H]1C[C@]1(NC(=O)[C@@H]1C[C@@H](Oc2cc(-c3ccccc3)nc3cc(OC)ccc23)CN1C(=O)[C@H](CNC(=O)[C@H](C)Br)NC(=O)OC(C)(C)C)C(=O)NS(=O)(=O)c1ccccc1. The van der Waals surface area contributed by atoms with Gasteiger partial charge >= 0.3 is 6.09 Å². The van der Waals surface area contributed by atoms with Gasteiger partial charge in [0, 0.05) is 42.0 Å². The maximum atomic E-state index is 14.7. The van der Waals surface area contributed by atoms with E-state index in [2.05, 4.69) is 43.2 Å². The molecule has 4 N–H and O–H groups in total. The molecule has 1 aromatic heterocycles. The Morgan fingerprint density at radius 2 is 1.69 bits per heavy atom. The number of carbonyl (C=O) groups is 5. The molecule has 1 saturated carbocycles. The number of alkyl halides is 1. The second-order valence-electron chi connectivity index (χ2n) is 16.1. The summed E-state index contributed by atoms with van der Waals surface area (Å²) in [5.41, 5.74) is -0.708. The quantitative estimate of drug-likeness (QED) is 0.0955. The van der Waals surface area contributed by atoms with Crippen LogP contribution in [0.3, 0.4) is 0 Å². The van der Waals surface area contributed by atoms with Crippen molar-refractivity contribution in [3.05, 3.63) is 97.6 Å². The van der Waals surface area contributed by atoms with Gasteiger partial charge in [-0.1, -0.05) is 70.5 Å². The van der Waals surface area contributed by atoms with Crippen molar-refractivity contribution in [2.75, 3.05) is 20.2 Å². The molecule has 0 bridgehead atoms. The van der Waals surface area contributed by atoms with Gasteiger partial charge in [-0.2, -0.15) is 0 Å². The molecule has 5 amide bonds. The first-order valence-electron chi connectivity index (χ1n) is 19.8. The number of rotatable bonds is 15. The first-order chi connectivity index (χ1) is 29.3. The molecule has 328 valence electrons. The van der Waals surface area contributed by atoms with Crippen molar-refractivity contribution in [3.63, 3.8) is 0 Å². The number of hydrogen-bond donors (Lipinski definition) is 4. The van der Waals surface area contributed by atoms with Crippen molar-refractivity contribution in [2.24, 2.45) is 5.92 Å². The van der Waals surface area contributed by atoms with Gasteiger partial charge in [0.1, 0.15) is 40.8 Å². The van der Waals surface area contributed by atoms with Crippen LogP contribution in [-0.2, 0) is 33.9 Å². The van der Waals surface area contributed by atoms with Crippen molar-refractivity contribution >= 4 is 66.6 Å². The van der Waals surface area contributed by atoms with Crippen LogP contribution in [0.2, 0.25) is 0 Å². The molecule has 2 fully saturated rings. The Bertz CT molecular complexity index is 2470. The van der Waals surface area contributed by atoms with Crippen molar-refractivity contribution in [3.8, 4) is 22.8 Å². The molecular formula is C44H49BrN6O10S. The van der Waals surface area contributed by atoms with Crippen molar-refractivity contribution in [2.45, 2.75) is 79.6 Å². The lowest BCUT2D eigenvalue weighted by molar-refractivity contribution is -0.141. The summed E-state index contributed by atoms with van der Waals surface area (Å²) >= 11 is 3.21. The molecule has 16 nitrogen and oxygen atoms in total. The van der Waals surface area contributed by atoms with Crippen LogP contribution >= 0.6 is 15.9 Å². The van der Waals surface area contributed by atoms with Crippen molar-refractivity contribution < 1.29 is 46.6 Å². The maximum Gasteiger partial charge on any atom is 0.408 e. The van der Waals surface area contributed by atoms with Crippen LogP contribution in [0.4, 0.5) is 4.79 Å². The molecule has 62 heavy (non-hydrogen) atoms. The van der Waals surface area contributed by atoms with Crippen LogP contribution in [0.25, 0.3) is 22.2 Å². The number of nitrogens with zero attached hydrogens (tertiary/aromatic N) is 2. The summed E-state index contributed by atoms with van der Waals surface area (Å²) in [5, 5.41) is 8.56. The van der Waals surface area contributed by atoms with E-state index in [1.165, 1.54) is 35.2 Å². The highest BCUT2D eigenvalue weighted by atomic mass is 79.9. The number of likely N-dealkylation sites (tertiary alicyclic amines) is 1. The van der Waals surface area contributed by atoms with Crippen LogP contribution in [0, 0.1) is 5.92 Å². The molecule has 18 heteroatoms. The zero-order valence-electron chi connectivity index (χ0n) is 34.8. The summed E-state index contributed by atoms with van der Waals surface area (Å²) < 4.78 is 46.1. The molecule has 2 heterocycles. The summed E-state index contributed by atoms with van der Waals surface area (Å²) in [5.74, 6) is -2.68. The van der Waals surface area contributed by atoms with Gasteiger partial charge in [-0.25, -0.2) is 22.9 Å². The highest BCUT2D eigenvalue weighted by Gasteiger charge is 2.61. The zero-order chi connectivity index (χ0) is 45.0. The Hall–Kier alpha value is -6.01. The summed E-state index contributed by atoms with van der Waals surface area (Å²) in [6.07, 6.45) is -0.406. The molecule has 2 aliphatic rings. The molecule has 1 aliphatic carbocycles. The minimum absolute atomic E-state index is 0.0350. The molecule has 0 radical (unpaired) electrons. The first-order valence-corrected chi connectivity index (χ1v) is 22.2. The van der Waals surface area contributed by atoms with Gasteiger partial charge in [-0.15, -0.1) is 6.58 Å². The normalized spacial score (nSPS) is 20.5. The molecular weight excluding hydrogens is 884 g/mol. The summed E-state index contributed by atoms with van der Waals surface area (Å²) in [7, 11) is -2.79. The monoisotopic (exact) mass is 932 g/mol. The average molecular weight is 934 g/mol. The van der Waals surface area contributed by atoms with E-state index in [1.54, 1.807) is 65.1 Å². The van der Waals surface area contributed by atoms with Crippen LogP contribution in [0.15, 0.2) is 102 Å². The predicted octanol–water partition coefficient (Wildman–Crippen LogP) is 4.62. The fraction of sp³-hybridized carbons (Fsp3) is 0.364. The third kappa shape index (κ3) is 10.5. The van der Waals surface area contributed by atoms with Gasteiger partial charge in [0.25, 0.3) is 15.9 Å². The van der Waals surface area contributed by atoms with E-state index >= 15 is 0 Å². The number of halogens is 1. The standard InChI is InChI=1S/C44H49BrN6O10S/c1-7-28-23-44(28,41(55)50-62(57,58)31-16-12-9-13-17-31)49-39(53)36-21-30(25-51(36)40(54)35(24-46-38(52)26(2)45)48-42(56)61-43(3,4)5)60-37-22-33(27-14-10-8-11-15-27)47-34-20-29(59-6)18-19-32(34)37/h7-20,22,26,28,30,35-36H,1,21,23-25H2,2-6H3,(H,46,52)(H,48,56)(H,49,53)(H,50,55)/t26-,28+,30+,35-,36-,44+/m0/s1. The maximum absolute atomic E-state index is 14.7. The fourth-order valence-electron chi connectivity index (χ4n) is 7.11. The van der Waals surface area contributed by atoms with Crippen LogP contribution in [-0.4, -0.2) is 102 Å². The Morgan fingerprint density at radius 1 is 1.02 bits per heavy atom. The number of nitrogens with one attached hydrogen (secondary N) is 4. The van der Waals surface area contributed by atoms with Gasteiger partial charge in [0.2, 0.25) is 17.7 Å². The molecule has 6 rings (SSSR count). The summed E-state index contributed by atoms with van der Waals surface area (Å²) in [6, 6.07) is 21.0. The number of carbonyl (C=O) groups excluding carboxylic acids is 5. The Labute approximate surface area is 368 Å². The highest BCUT2D eigenvalue weighted by Crippen LogP contribution is 2.45. The van der Waals surface area contributed by atoms with E-state index in [0.717, 1.165) is 5.56 Å².